The van der Waals surface area contributed by atoms with Gasteiger partial charge < -0.3 is 15.0 Å². The van der Waals surface area contributed by atoms with Gasteiger partial charge in [0.15, 0.2) is 0 Å². The molecule has 1 amide bonds. The summed E-state index contributed by atoms with van der Waals surface area (Å²) in [5.74, 6) is 1.71. The van der Waals surface area contributed by atoms with Gasteiger partial charge in [0.1, 0.15) is 17.3 Å². The minimum absolute atomic E-state index is 0.0805. The number of ether oxygens (including phenoxy) is 1. The molecule has 3 rings (SSSR count). The summed E-state index contributed by atoms with van der Waals surface area (Å²) in [5.41, 5.74) is -1.35. The predicted molar refractivity (Wildman–Crippen MR) is 93.3 cm³/mol. The third kappa shape index (κ3) is 4.45. The molecular weight excluding hydrogens is 323 g/mol. The van der Waals surface area contributed by atoms with Crippen molar-refractivity contribution < 1.29 is 13.9 Å². The Morgan fingerprint density at radius 1 is 1.48 bits per heavy atom. The molecule has 0 spiro atoms. The average molecular weight is 350 g/mol. The molecule has 0 aromatic carbocycles. The first-order chi connectivity index (χ1) is 12.0. The largest absolute Gasteiger partial charge is 0.381 e. The van der Waals surface area contributed by atoms with Gasteiger partial charge in [0.2, 0.25) is 5.91 Å². The summed E-state index contributed by atoms with van der Waals surface area (Å²) in [6.07, 6.45) is 3.26. The number of aromatic nitrogens is 2. The molecule has 2 fully saturated rings. The maximum atomic E-state index is 15.0. The van der Waals surface area contributed by atoms with Crippen LogP contribution in [0.5, 0.6) is 0 Å². The third-order valence-electron chi connectivity index (χ3n) is 5.04. The van der Waals surface area contributed by atoms with E-state index in [1.54, 1.807) is 6.20 Å². The zero-order valence-corrected chi connectivity index (χ0v) is 15.0. The van der Waals surface area contributed by atoms with E-state index in [0.29, 0.717) is 39.1 Å². The van der Waals surface area contributed by atoms with Gasteiger partial charge in [-0.15, -0.1) is 0 Å². The molecule has 0 saturated carbocycles. The minimum Gasteiger partial charge on any atom is -0.381 e. The van der Waals surface area contributed by atoms with Crippen molar-refractivity contribution in [3.8, 4) is 0 Å². The molecule has 1 unspecified atom stereocenters. The molecule has 2 aliphatic rings. The van der Waals surface area contributed by atoms with E-state index in [0.717, 1.165) is 18.1 Å². The Labute approximate surface area is 148 Å². The van der Waals surface area contributed by atoms with Crippen molar-refractivity contribution in [2.24, 2.45) is 5.92 Å². The lowest BCUT2D eigenvalue weighted by atomic mass is 9.93. The molecule has 0 bridgehead atoms. The third-order valence-corrected chi connectivity index (χ3v) is 5.04. The number of anilines is 1. The van der Waals surface area contributed by atoms with Crippen LogP contribution in [0.1, 0.15) is 44.9 Å². The minimum atomic E-state index is -1.35. The lowest BCUT2D eigenvalue weighted by Gasteiger charge is -2.37. The van der Waals surface area contributed by atoms with E-state index in [4.69, 9.17) is 4.74 Å². The van der Waals surface area contributed by atoms with Crippen molar-refractivity contribution in [3.05, 3.63) is 18.1 Å². The fourth-order valence-electron chi connectivity index (χ4n) is 3.26. The van der Waals surface area contributed by atoms with Crippen LogP contribution >= 0.6 is 0 Å². The van der Waals surface area contributed by atoms with Crippen molar-refractivity contribution >= 4 is 11.7 Å². The van der Waals surface area contributed by atoms with Gasteiger partial charge in [0.25, 0.3) is 0 Å². The van der Waals surface area contributed by atoms with Crippen LogP contribution in [0.15, 0.2) is 12.3 Å². The van der Waals surface area contributed by atoms with E-state index >= 15 is 4.39 Å². The predicted octanol–water partition coefficient (Wildman–Crippen LogP) is 2.06. The van der Waals surface area contributed by atoms with Crippen LogP contribution < -0.4 is 10.2 Å². The summed E-state index contributed by atoms with van der Waals surface area (Å²) in [6.45, 7) is 6.44. The number of nitrogens with zero attached hydrogens (tertiary/aromatic N) is 3. The van der Waals surface area contributed by atoms with Crippen molar-refractivity contribution in [2.75, 3.05) is 37.7 Å². The standard InChI is InChI=1S/C18H27FN4O2/c1-13(2)16-20-7-3-15(22-16)23-8-5-18(19,6-9-23)12-21-17(24)14-4-10-25-11-14/h3,7,13-14H,4-6,8-12H2,1-2H3,(H,21,24). The summed E-state index contributed by atoms with van der Waals surface area (Å²) in [5, 5.41) is 2.78. The molecule has 1 aromatic heterocycles. The quantitative estimate of drug-likeness (QED) is 0.880. The Morgan fingerprint density at radius 2 is 2.24 bits per heavy atom. The molecular formula is C18H27FN4O2. The van der Waals surface area contributed by atoms with Gasteiger partial charge in [-0.1, -0.05) is 13.8 Å². The Kier molecular flexibility index (Phi) is 5.51. The van der Waals surface area contributed by atoms with Crippen LogP contribution in [0, 0.1) is 5.92 Å². The van der Waals surface area contributed by atoms with E-state index in [-0.39, 0.29) is 24.3 Å². The second-order valence-corrected chi connectivity index (χ2v) is 7.34. The fraction of sp³-hybridized carbons (Fsp3) is 0.722. The molecule has 1 aromatic rings. The SMILES string of the molecule is CC(C)c1nccc(N2CCC(F)(CNC(=O)C3CCOC3)CC2)n1. The summed E-state index contributed by atoms with van der Waals surface area (Å²) in [7, 11) is 0. The Morgan fingerprint density at radius 3 is 2.88 bits per heavy atom. The first-order valence-electron chi connectivity index (χ1n) is 9.09. The highest BCUT2D eigenvalue weighted by molar-refractivity contribution is 5.79. The highest BCUT2D eigenvalue weighted by Crippen LogP contribution is 2.29. The molecule has 1 atom stereocenters. The molecule has 6 nitrogen and oxygen atoms in total. The van der Waals surface area contributed by atoms with Gasteiger partial charge >= 0.3 is 0 Å². The number of rotatable bonds is 5. The molecule has 2 saturated heterocycles. The number of hydrogen-bond donors (Lipinski definition) is 1. The number of halogens is 1. The van der Waals surface area contributed by atoms with Crippen molar-refractivity contribution in [3.63, 3.8) is 0 Å². The van der Waals surface area contributed by atoms with Crippen LogP contribution in [-0.4, -0.2) is 54.4 Å². The molecule has 1 N–H and O–H groups in total. The van der Waals surface area contributed by atoms with E-state index in [9.17, 15) is 4.79 Å². The normalized spacial score (nSPS) is 23.0. The summed E-state index contributed by atoms with van der Waals surface area (Å²) in [6, 6.07) is 1.87. The first kappa shape index (κ1) is 18.0. The average Bonchev–Trinajstić information content (AvgIpc) is 3.15. The van der Waals surface area contributed by atoms with E-state index in [2.05, 4.69) is 34.0 Å². The highest BCUT2D eigenvalue weighted by Gasteiger charge is 2.36. The molecule has 0 radical (unpaired) electrons. The van der Waals surface area contributed by atoms with Crippen LogP contribution in [0.3, 0.4) is 0 Å². The Bertz CT molecular complexity index is 596. The number of carbonyl (C=O) groups is 1. The monoisotopic (exact) mass is 350 g/mol. The second-order valence-electron chi connectivity index (χ2n) is 7.34. The topological polar surface area (TPSA) is 67.4 Å². The maximum absolute atomic E-state index is 15.0. The lowest BCUT2D eigenvalue weighted by molar-refractivity contribution is -0.125. The van der Waals surface area contributed by atoms with Crippen LogP contribution in [0.25, 0.3) is 0 Å². The number of alkyl halides is 1. The van der Waals surface area contributed by atoms with Crippen LogP contribution in [0.4, 0.5) is 10.2 Å². The van der Waals surface area contributed by atoms with E-state index in [1.165, 1.54) is 0 Å². The van der Waals surface area contributed by atoms with Crippen molar-refractivity contribution in [1.29, 1.82) is 0 Å². The van der Waals surface area contributed by atoms with Gasteiger partial charge in [0.05, 0.1) is 19.1 Å². The number of hydrogen-bond acceptors (Lipinski definition) is 5. The molecule has 7 heteroatoms. The first-order valence-corrected chi connectivity index (χ1v) is 9.09. The summed E-state index contributed by atoms with van der Waals surface area (Å²) >= 11 is 0. The van der Waals surface area contributed by atoms with Gasteiger partial charge in [0, 0.05) is 44.7 Å². The molecule has 25 heavy (non-hydrogen) atoms. The zero-order chi connectivity index (χ0) is 17.9. The molecule has 138 valence electrons. The number of amides is 1. The highest BCUT2D eigenvalue weighted by atomic mass is 19.1. The van der Waals surface area contributed by atoms with Crippen molar-refractivity contribution in [2.45, 2.75) is 44.7 Å². The molecule has 2 aliphatic heterocycles. The number of piperidine rings is 1. The zero-order valence-electron chi connectivity index (χ0n) is 15.0. The second kappa shape index (κ2) is 7.64. The number of nitrogens with one attached hydrogen (secondary N) is 1. The smallest absolute Gasteiger partial charge is 0.225 e. The number of carbonyl (C=O) groups excluding carboxylic acids is 1. The molecule has 0 aliphatic carbocycles. The van der Waals surface area contributed by atoms with Gasteiger partial charge in [-0.2, -0.15) is 0 Å². The lowest BCUT2D eigenvalue weighted by Crippen LogP contribution is -2.49. The fourth-order valence-corrected chi connectivity index (χ4v) is 3.26. The maximum Gasteiger partial charge on any atom is 0.225 e. The summed E-state index contributed by atoms with van der Waals surface area (Å²) < 4.78 is 20.2. The van der Waals surface area contributed by atoms with Gasteiger partial charge in [-0.05, 0) is 12.5 Å². The summed E-state index contributed by atoms with van der Waals surface area (Å²) in [4.78, 5) is 23.0. The van der Waals surface area contributed by atoms with Gasteiger partial charge in [-0.25, -0.2) is 14.4 Å². The van der Waals surface area contributed by atoms with Gasteiger partial charge in [-0.3, -0.25) is 4.79 Å². The van der Waals surface area contributed by atoms with Crippen LogP contribution in [0.2, 0.25) is 0 Å². The Balaban J connectivity index is 1.52. The molecule has 3 heterocycles. The Hall–Kier alpha value is -1.76. The van der Waals surface area contributed by atoms with Crippen LogP contribution in [-0.2, 0) is 9.53 Å². The van der Waals surface area contributed by atoms with E-state index in [1.807, 2.05) is 6.07 Å². The van der Waals surface area contributed by atoms with E-state index < -0.39 is 5.67 Å². The van der Waals surface area contributed by atoms with Crippen molar-refractivity contribution in [1.82, 2.24) is 15.3 Å².